The molecule has 0 aromatic heterocycles. The fourth-order valence-corrected chi connectivity index (χ4v) is 3.24. The lowest BCUT2D eigenvalue weighted by molar-refractivity contribution is -0.148. The summed E-state index contributed by atoms with van der Waals surface area (Å²) in [5.41, 5.74) is 0.863. The Morgan fingerprint density at radius 2 is 2.08 bits per heavy atom. The summed E-state index contributed by atoms with van der Waals surface area (Å²) < 4.78 is 25.8. The van der Waals surface area contributed by atoms with Crippen molar-refractivity contribution in [1.82, 2.24) is 10.2 Å². The van der Waals surface area contributed by atoms with Crippen molar-refractivity contribution in [2.24, 2.45) is 5.92 Å². The van der Waals surface area contributed by atoms with Gasteiger partial charge in [-0.3, -0.25) is 9.59 Å². The summed E-state index contributed by atoms with van der Waals surface area (Å²) >= 11 is 6.02. The Kier molecular flexibility index (Phi) is 5.48. The number of rotatable bonds is 3. The zero-order chi connectivity index (χ0) is 18.1. The van der Waals surface area contributed by atoms with Crippen molar-refractivity contribution < 1.29 is 18.4 Å². The van der Waals surface area contributed by atoms with E-state index in [9.17, 15) is 18.4 Å². The van der Waals surface area contributed by atoms with Crippen molar-refractivity contribution in [2.45, 2.75) is 45.7 Å². The van der Waals surface area contributed by atoms with Crippen molar-refractivity contribution in [3.8, 4) is 0 Å². The molecule has 0 bridgehead atoms. The van der Waals surface area contributed by atoms with E-state index in [1.165, 1.54) is 4.90 Å². The number of benzene rings is 1. The van der Waals surface area contributed by atoms with E-state index in [1.54, 1.807) is 32.0 Å². The second-order valence-corrected chi connectivity index (χ2v) is 7.14. The molecule has 1 aromatic rings. The minimum atomic E-state index is -2.50. The second kappa shape index (κ2) is 7.05. The van der Waals surface area contributed by atoms with Crippen LogP contribution in [0.25, 0.3) is 0 Å². The number of hydrogen-bond acceptors (Lipinski definition) is 2. The third-order valence-corrected chi connectivity index (χ3v) is 4.93. The molecule has 1 aliphatic rings. The Hall–Kier alpha value is -1.69. The van der Waals surface area contributed by atoms with Gasteiger partial charge in [-0.2, -0.15) is 0 Å². The average Bonchev–Trinajstić information content (AvgIpc) is 2.83. The Morgan fingerprint density at radius 3 is 2.67 bits per heavy atom. The van der Waals surface area contributed by atoms with Gasteiger partial charge in [0.25, 0.3) is 0 Å². The molecule has 2 amide bonds. The molecule has 0 aliphatic carbocycles. The Bertz CT molecular complexity index is 649. The molecule has 1 saturated heterocycles. The van der Waals surface area contributed by atoms with Gasteiger partial charge in [-0.1, -0.05) is 23.7 Å². The van der Waals surface area contributed by atoms with Crippen molar-refractivity contribution in [3.63, 3.8) is 0 Å². The van der Waals surface area contributed by atoms with Crippen LogP contribution < -0.4 is 5.32 Å². The highest BCUT2D eigenvalue weighted by molar-refractivity contribution is 6.35. The third kappa shape index (κ3) is 3.86. The maximum absolute atomic E-state index is 12.9. The molecule has 0 radical (unpaired) electrons. The van der Waals surface area contributed by atoms with Crippen LogP contribution in [-0.2, 0) is 16.1 Å². The molecule has 132 valence electrons. The number of carbonyl (C=O) groups is 2. The standard InChI is InChI=1S/C17H21ClF2N2O2/c1-10-11(5-4-6-13(10)18)8-21-15(23)16(24)22-9-12(14(19)20)7-17(22,2)3/h4-6,12,14H,7-9H2,1-3H3,(H,21,23). The average molecular weight is 359 g/mol. The first-order valence-corrected chi connectivity index (χ1v) is 8.13. The number of likely N-dealkylation sites (tertiary alicyclic amines) is 1. The lowest BCUT2D eigenvalue weighted by atomic mass is 9.97. The van der Waals surface area contributed by atoms with Crippen LogP contribution in [0.15, 0.2) is 18.2 Å². The Labute approximate surface area is 145 Å². The van der Waals surface area contributed by atoms with Crippen molar-refractivity contribution in [2.75, 3.05) is 6.54 Å². The molecule has 7 heteroatoms. The van der Waals surface area contributed by atoms with Crippen LogP contribution in [0.4, 0.5) is 8.78 Å². The summed E-state index contributed by atoms with van der Waals surface area (Å²) in [5, 5.41) is 3.13. The van der Waals surface area contributed by atoms with Crippen LogP contribution in [-0.4, -0.2) is 35.2 Å². The minimum Gasteiger partial charge on any atom is -0.344 e. The molecule has 0 spiro atoms. The van der Waals surface area contributed by atoms with Gasteiger partial charge in [0.05, 0.1) is 0 Å². The summed E-state index contributed by atoms with van der Waals surface area (Å²) in [6, 6.07) is 5.30. The smallest absolute Gasteiger partial charge is 0.312 e. The van der Waals surface area contributed by atoms with Gasteiger partial charge in [-0.05, 0) is 44.4 Å². The third-order valence-electron chi connectivity index (χ3n) is 4.52. The highest BCUT2D eigenvalue weighted by Crippen LogP contribution is 2.35. The van der Waals surface area contributed by atoms with Gasteiger partial charge in [0.15, 0.2) is 0 Å². The first kappa shape index (κ1) is 18.6. The van der Waals surface area contributed by atoms with Gasteiger partial charge in [-0.15, -0.1) is 0 Å². The van der Waals surface area contributed by atoms with Gasteiger partial charge in [0, 0.05) is 29.6 Å². The highest BCUT2D eigenvalue weighted by atomic mass is 35.5. The van der Waals surface area contributed by atoms with Crippen molar-refractivity contribution in [3.05, 3.63) is 34.3 Å². The van der Waals surface area contributed by atoms with E-state index in [0.29, 0.717) is 5.02 Å². The molecule has 0 saturated carbocycles. The SMILES string of the molecule is Cc1c(Cl)cccc1CNC(=O)C(=O)N1CC(C(F)F)CC1(C)C. The summed E-state index contributed by atoms with van der Waals surface area (Å²) in [7, 11) is 0. The predicted octanol–water partition coefficient (Wildman–Crippen LogP) is 3.16. The fourth-order valence-electron chi connectivity index (χ4n) is 3.04. The number of alkyl halides is 2. The quantitative estimate of drug-likeness (QED) is 0.844. The summed E-state index contributed by atoms with van der Waals surface area (Å²) in [6.07, 6.45) is -2.32. The maximum atomic E-state index is 12.9. The van der Waals surface area contributed by atoms with Gasteiger partial charge in [0.1, 0.15) is 0 Å². The first-order chi connectivity index (χ1) is 11.1. The van der Waals surface area contributed by atoms with Crippen molar-refractivity contribution >= 4 is 23.4 Å². The number of carbonyl (C=O) groups excluding carboxylic acids is 2. The molecule has 2 rings (SSSR count). The molecular weight excluding hydrogens is 338 g/mol. The van der Waals surface area contributed by atoms with Crippen LogP contribution >= 0.6 is 11.6 Å². The lowest BCUT2D eigenvalue weighted by Gasteiger charge is -2.30. The molecule has 1 N–H and O–H groups in total. The Balaban J connectivity index is 2.02. The predicted molar refractivity (Wildman–Crippen MR) is 87.9 cm³/mol. The summed E-state index contributed by atoms with van der Waals surface area (Å²) in [4.78, 5) is 25.7. The maximum Gasteiger partial charge on any atom is 0.312 e. The van der Waals surface area contributed by atoms with Crippen LogP contribution in [0.3, 0.4) is 0 Å². The number of hydrogen-bond donors (Lipinski definition) is 1. The highest BCUT2D eigenvalue weighted by Gasteiger charge is 2.45. The van der Waals surface area contributed by atoms with E-state index < -0.39 is 29.7 Å². The van der Waals surface area contributed by atoms with Gasteiger partial charge >= 0.3 is 11.8 Å². The van der Waals surface area contributed by atoms with E-state index in [4.69, 9.17) is 11.6 Å². The fraction of sp³-hybridized carbons (Fsp3) is 0.529. The largest absolute Gasteiger partial charge is 0.344 e. The molecule has 1 fully saturated rings. The van der Waals surface area contributed by atoms with Gasteiger partial charge in [0.2, 0.25) is 6.43 Å². The molecule has 4 nitrogen and oxygen atoms in total. The van der Waals surface area contributed by atoms with Crippen LogP contribution in [0, 0.1) is 12.8 Å². The summed E-state index contributed by atoms with van der Waals surface area (Å²) in [6.45, 7) is 5.27. The van der Waals surface area contributed by atoms with Gasteiger partial charge in [-0.25, -0.2) is 8.78 Å². The molecule has 1 unspecified atom stereocenters. The minimum absolute atomic E-state index is 0.104. The first-order valence-electron chi connectivity index (χ1n) is 7.75. The van der Waals surface area contributed by atoms with Crippen molar-refractivity contribution in [1.29, 1.82) is 0 Å². The summed E-state index contributed by atoms with van der Waals surface area (Å²) in [5.74, 6) is -2.47. The molecule has 1 atom stereocenters. The normalized spacial score (nSPS) is 19.6. The van der Waals surface area contributed by atoms with E-state index in [-0.39, 0.29) is 19.5 Å². The lowest BCUT2D eigenvalue weighted by Crippen LogP contribution is -2.49. The molecule has 1 heterocycles. The molecule has 1 aromatic carbocycles. The van der Waals surface area contributed by atoms with Crippen LogP contribution in [0.5, 0.6) is 0 Å². The number of amides is 2. The van der Waals surface area contributed by atoms with Crippen LogP contribution in [0.1, 0.15) is 31.4 Å². The Morgan fingerprint density at radius 1 is 1.42 bits per heavy atom. The zero-order valence-electron chi connectivity index (χ0n) is 13.9. The number of halogens is 3. The van der Waals surface area contributed by atoms with Crippen LogP contribution in [0.2, 0.25) is 5.02 Å². The van der Waals surface area contributed by atoms with E-state index in [1.807, 2.05) is 6.92 Å². The molecular formula is C17H21ClF2N2O2. The molecule has 1 aliphatic heterocycles. The van der Waals surface area contributed by atoms with E-state index >= 15 is 0 Å². The van der Waals surface area contributed by atoms with Gasteiger partial charge < -0.3 is 10.2 Å². The monoisotopic (exact) mass is 358 g/mol. The number of nitrogens with zero attached hydrogens (tertiary/aromatic N) is 1. The second-order valence-electron chi connectivity index (χ2n) is 6.73. The van der Waals surface area contributed by atoms with E-state index in [0.717, 1.165) is 11.1 Å². The van der Waals surface area contributed by atoms with E-state index in [2.05, 4.69) is 5.32 Å². The number of nitrogens with one attached hydrogen (secondary N) is 1. The molecule has 24 heavy (non-hydrogen) atoms. The topological polar surface area (TPSA) is 49.4 Å². The zero-order valence-corrected chi connectivity index (χ0v) is 14.7.